The van der Waals surface area contributed by atoms with Crippen molar-refractivity contribution in [2.45, 2.75) is 19.8 Å². The Kier molecular flexibility index (Phi) is 4.64. The average molecular weight is 335 g/mol. The topological polar surface area (TPSA) is 105 Å². The highest BCUT2D eigenvalue weighted by Crippen LogP contribution is 2.26. The second-order valence-corrected chi connectivity index (χ2v) is 7.03. The van der Waals surface area contributed by atoms with E-state index in [-0.39, 0.29) is 16.9 Å². The SMILES string of the molecule is CC1CCCN(S(=O)(=O)Nc2nc(Cl)ccc2[N+](=O)[O-])C1. The monoisotopic (exact) mass is 334 g/mol. The van der Waals surface area contributed by atoms with Crippen molar-refractivity contribution in [2.24, 2.45) is 5.92 Å². The van der Waals surface area contributed by atoms with Gasteiger partial charge >= 0.3 is 15.9 Å². The maximum atomic E-state index is 12.3. The zero-order chi connectivity index (χ0) is 15.6. The molecular formula is C11H15ClN4O4S. The van der Waals surface area contributed by atoms with Gasteiger partial charge in [0, 0.05) is 19.2 Å². The predicted molar refractivity (Wildman–Crippen MR) is 78.4 cm³/mol. The first-order valence-corrected chi connectivity index (χ1v) is 8.20. The molecule has 0 amide bonds. The molecule has 0 radical (unpaired) electrons. The third kappa shape index (κ3) is 3.80. The van der Waals surface area contributed by atoms with Crippen LogP contribution in [0.5, 0.6) is 0 Å². The van der Waals surface area contributed by atoms with Crippen LogP contribution in [-0.4, -0.2) is 35.7 Å². The Morgan fingerprint density at radius 2 is 2.24 bits per heavy atom. The van der Waals surface area contributed by atoms with Crippen molar-refractivity contribution in [2.75, 3.05) is 17.8 Å². The third-order valence-corrected chi connectivity index (χ3v) is 4.90. The van der Waals surface area contributed by atoms with E-state index in [1.54, 1.807) is 0 Å². The maximum absolute atomic E-state index is 12.3. The van der Waals surface area contributed by atoms with Gasteiger partial charge in [-0.2, -0.15) is 12.7 Å². The third-order valence-electron chi connectivity index (χ3n) is 3.22. The molecule has 1 fully saturated rings. The number of pyridine rings is 1. The van der Waals surface area contributed by atoms with Gasteiger partial charge in [-0.3, -0.25) is 10.1 Å². The molecule has 0 aliphatic carbocycles. The Morgan fingerprint density at radius 3 is 2.86 bits per heavy atom. The van der Waals surface area contributed by atoms with Gasteiger partial charge in [0.1, 0.15) is 5.15 Å². The lowest BCUT2D eigenvalue weighted by Gasteiger charge is -2.29. The van der Waals surface area contributed by atoms with Gasteiger partial charge in [0.2, 0.25) is 5.82 Å². The fourth-order valence-corrected chi connectivity index (χ4v) is 3.69. The predicted octanol–water partition coefficient (Wildman–Crippen LogP) is 2.03. The van der Waals surface area contributed by atoms with E-state index in [4.69, 9.17) is 11.6 Å². The van der Waals surface area contributed by atoms with Gasteiger partial charge in [0.15, 0.2) is 0 Å². The normalized spacial score (nSPS) is 20.2. The van der Waals surface area contributed by atoms with E-state index in [1.165, 1.54) is 10.4 Å². The van der Waals surface area contributed by atoms with Crippen LogP contribution in [0.25, 0.3) is 0 Å². The highest BCUT2D eigenvalue weighted by Gasteiger charge is 2.29. The first-order chi connectivity index (χ1) is 9.79. The van der Waals surface area contributed by atoms with Crippen LogP contribution in [0.15, 0.2) is 12.1 Å². The Labute approximate surface area is 127 Å². The lowest BCUT2D eigenvalue weighted by Crippen LogP contribution is -2.42. The summed E-state index contributed by atoms with van der Waals surface area (Å²) in [6, 6.07) is 2.35. The van der Waals surface area contributed by atoms with Crippen LogP contribution in [0, 0.1) is 16.0 Å². The number of nitro groups is 1. The summed E-state index contributed by atoms with van der Waals surface area (Å²) in [6.45, 7) is 2.72. The number of anilines is 1. The smallest absolute Gasteiger partial charge is 0.258 e. The van der Waals surface area contributed by atoms with Crippen LogP contribution < -0.4 is 4.72 Å². The molecule has 1 N–H and O–H groups in total. The van der Waals surface area contributed by atoms with Crippen LogP contribution in [0.1, 0.15) is 19.8 Å². The molecule has 0 saturated carbocycles. The van der Waals surface area contributed by atoms with Crippen molar-refractivity contribution < 1.29 is 13.3 Å². The summed E-state index contributed by atoms with van der Waals surface area (Å²) in [5.74, 6) is -0.122. The van der Waals surface area contributed by atoms with E-state index >= 15 is 0 Å². The van der Waals surface area contributed by atoms with Crippen LogP contribution in [-0.2, 0) is 10.2 Å². The second kappa shape index (κ2) is 6.12. The van der Waals surface area contributed by atoms with Crippen molar-refractivity contribution in [1.29, 1.82) is 0 Å². The first kappa shape index (κ1) is 15.9. The summed E-state index contributed by atoms with van der Waals surface area (Å²) in [7, 11) is -3.88. The minimum atomic E-state index is -3.88. The molecule has 0 spiro atoms. The molecular weight excluding hydrogens is 320 g/mol. The number of halogens is 1. The van der Waals surface area contributed by atoms with Crippen molar-refractivity contribution in [3.05, 3.63) is 27.4 Å². The molecule has 1 atom stereocenters. The minimum absolute atomic E-state index is 0.0229. The summed E-state index contributed by atoms with van der Waals surface area (Å²) in [4.78, 5) is 13.9. The molecule has 116 valence electrons. The van der Waals surface area contributed by atoms with Gasteiger partial charge in [-0.25, -0.2) is 9.71 Å². The first-order valence-electron chi connectivity index (χ1n) is 6.38. The van der Waals surface area contributed by atoms with E-state index < -0.39 is 20.8 Å². The van der Waals surface area contributed by atoms with Crippen molar-refractivity contribution in [1.82, 2.24) is 9.29 Å². The number of hydrogen-bond acceptors (Lipinski definition) is 5. The lowest BCUT2D eigenvalue weighted by molar-refractivity contribution is -0.384. The van der Waals surface area contributed by atoms with Crippen molar-refractivity contribution >= 4 is 33.3 Å². The number of nitrogens with one attached hydrogen (secondary N) is 1. The highest BCUT2D eigenvalue weighted by atomic mass is 35.5. The number of piperidine rings is 1. The molecule has 1 saturated heterocycles. The van der Waals surface area contributed by atoms with Gasteiger partial charge in [0.05, 0.1) is 4.92 Å². The van der Waals surface area contributed by atoms with Crippen LogP contribution in [0.2, 0.25) is 5.15 Å². The van der Waals surface area contributed by atoms with E-state index in [1.807, 2.05) is 6.92 Å². The number of nitrogens with zero attached hydrogens (tertiary/aromatic N) is 3. The molecule has 10 heteroatoms. The quantitative estimate of drug-likeness (QED) is 0.515. The summed E-state index contributed by atoms with van der Waals surface area (Å²) >= 11 is 5.68. The largest absolute Gasteiger partial charge is 0.312 e. The molecule has 0 aromatic carbocycles. The molecule has 1 aliphatic rings. The Hall–Kier alpha value is -1.45. The Balaban J connectivity index is 2.28. The average Bonchev–Trinajstić information content (AvgIpc) is 2.38. The number of rotatable bonds is 4. The lowest BCUT2D eigenvalue weighted by atomic mass is 10.0. The van der Waals surface area contributed by atoms with Gasteiger partial charge in [-0.05, 0) is 24.8 Å². The van der Waals surface area contributed by atoms with Crippen LogP contribution in [0.3, 0.4) is 0 Å². The standard InChI is InChI=1S/C11H15ClN4O4S/c1-8-3-2-6-15(7-8)21(19,20)14-11-9(16(17)18)4-5-10(12)13-11/h4-5,8H,2-3,6-7H2,1H3,(H,13,14). The van der Waals surface area contributed by atoms with Crippen molar-refractivity contribution in [3.63, 3.8) is 0 Å². The van der Waals surface area contributed by atoms with E-state index in [9.17, 15) is 18.5 Å². The molecule has 2 rings (SSSR count). The number of aromatic nitrogens is 1. The fraction of sp³-hybridized carbons (Fsp3) is 0.545. The van der Waals surface area contributed by atoms with E-state index in [0.29, 0.717) is 13.1 Å². The number of hydrogen-bond donors (Lipinski definition) is 1. The van der Waals surface area contributed by atoms with Crippen LogP contribution in [0.4, 0.5) is 11.5 Å². The molecule has 1 aromatic rings. The molecule has 1 aliphatic heterocycles. The van der Waals surface area contributed by atoms with Gasteiger partial charge in [-0.1, -0.05) is 18.5 Å². The highest BCUT2D eigenvalue weighted by molar-refractivity contribution is 7.90. The fourth-order valence-electron chi connectivity index (χ4n) is 2.20. The van der Waals surface area contributed by atoms with Gasteiger partial charge in [0.25, 0.3) is 0 Å². The summed E-state index contributed by atoms with van der Waals surface area (Å²) in [6.07, 6.45) is 1.72. The second-order valence-electron chi connectivity index (χ2n) is 4.97. The van der Waals surface area contributed by atoms with Gasteiger partial charge < -0.3 is 0 Å². The zero-order valence-electron chi connectivity index (χ0n) is 11.3. The molecule has 2 heterocycles. The van der Waals surface area contributed by atoms with E-state index in [0.717, 1.165) is 18.9 Å². The van der Waals surface area contributed by atoms with Crippen molar-refractivity contribution in [3.8, 4) is 0 Å². The van der Waals surface area contributed by atoms with Crippen LogP contribution >= 0.6 is 11.6 Å². The molecule has 1 unspecified atom stereocenters. The maximum Gasteiger partial charge on any atom is 0.312 e. The molecule has 1 aromatic heterocycles. The molecule has 21 heavy (non-hydrogen) atoms. The van der Waals surface area contributed by atoms with Gasteiger partial charge in [-0.15, -0.1) is 0 Å². The summed E-state index contributed by atoms with van der Waals surface area (Å²) in [5, 5.41) is 10.9. The van der Waals surface area contributed by atoms with E-state index in [2.05, 4.69) is 9.71 Å². The summed E-state index contributed by atoms with van der Waals surface area (Å²) in [5.41, 5.74) is -0.437. The molecule has 8 nitrogen and oxygen atoms in total. The Bertz CT molecular complexity index is 652. The molecule has 0 bridgehead atoms. The zero-order valence-corrected chi connectivity index (χ0v) is 12.9. The summed E-state index contributed by atoms with van der Waals surface area (Å²) < 4.78 is 28.0. The Morgan fingerprint density at radius 1 is 1.52 bits per heavy atom. The minimum Gasteiger partial charge on any atom is -0.258 e.